The third-order valence-electron chi connectivity index (χ3n) is 3.86. The van der Waals surface area contributed by atoms with Crippen molar-refractivity contribution in [2.45, 2.75) is 26.8 Å². The van der Waals surface area contributed by atoms with E-state index in [2.05, 4.69) is 4.90 Å². The van der Waals surface area contributed by atoms with E-state index in [1.165, 1.54) is 0 Å². The van der Waals surface area contributed by atoms with Crippen molar-refractivity contribution in [2.24, 2.45) is 11.7 Å². The van der Waals surface area contributed by atoms with E-state index in [0.717, 1.165) is 49.5 Å². The first-order chi connectivity index (χ1) is 9.63. The molecule has 0 aliphatic carbocycles. The largest absolute Gasteiger partial charge is 0.494 e. The zero-order valence-corrected chi connectivity index (χ0v) is 12.4. The summed E-state index contributed by atoms with van der Waals surface area (Å²) < 4.78 is 5.67. The van der Waals surface area contributed by atoms with Crippen LogP contribution < -0.4 is 10.5 Å². The van der Waals surface area contributed by atoms with Crippen molar-refractivity contribution in [3.8, 4) is 5.75 Å². The van der Waals surface area contributed by atoms with Crippen LogP contribution in [0, 0.1) is 5.92 Å². The number of benzene rings is 1. The van der Waals surface area contributed by atoms with Crippen LogP contribution in [0.2, 0.25) is 0 Å². The summed E-state index contributed by atoms with van der Waals surface area (Å²) in [6.07, 6.45) is 1.16. The standard InChI is InChI=1S/C16H24N2O2/c1-3-20-16-5-4-14(12(2)19)8-15(16)11-18-7-6-13(9-17)10-18/h4-5,8,13H,3,6-7,9-11,17H2,1-2H3. The Hall–Kier alpha value is -1.39. The number of likely N-dealkylation sites (tertiary alicyclic amines) is 1. The lowest BCUT2D eigenvalue weighted by atomic mass is 10.1. The highest BCUT2D eigenvalue weighted by atomic mass is 16.5. The minimum atomic E-state index is 0.0931. The van der Waals surface area contributed by atoms with Crippen LogP contribution in [0.5, 0.6) is 5.75 Å². The van der Waals surface area contributed by atoms with Gasteiger partial charge in [0, 0.05) is 24.2 Å². The smallest absolute Gasteiger partial charge is 0.159 e. The summed E-state index contributed by atoms with van der Waals surface area (Å²) in [6, 6.07) is 5.71. The minimum absolute atomic E-state index is 0.0931. The number of rotatable bonds is 6. The predicted octanol–water partition coefficient (Wildman–Crippen LogP) is 2.07. The summed E-state index contributed by atoms with van der Waals surface area (Å²) in [7, 11) is 0. The number of Topliss-reactive ketones (excluding diaryl/α,β-unsaturated/α-hetero) is 1. The first-order valence-electron chi connectivity index (χ1n) is 7.33. The van der Waals surface area contributed by atoms with Crippen LogP contribution in [-0.2, 0) is 6.54 Å². The molecule has 1 aliphatic heterocycles. The molecule has 2 rings (SSSR count). The van der Waals surface area contributed by atoms with E-state index in [4.69, 9.17) is 10.5 Å². The number of nitrogens with zero attached hydrogens (tertiary/aromatic N) is 1. The Kier molecular flexibility index (Phi) is 5.15. The highest BCUT2D eigenvalue weighted by Crippen LogP contribution is 2.25. The fourth-order valence-corrected chi connectivity index (χ4v) is 2.71. The van der Waals surface area contributed by atoms with Crippen molar-refractivity contribution in [3.63, 3.8) is 0 Å². The van der Waals surface area contributed by atoms with Crippen LogP contribution in [0.1, 0.15) is 36.2 Å². The summed E-state index contributed by atoms with van der Waals surface area (Å²) in [6.45, 7) is 7.89. The van der Waals surface area contributed by atoms with Gasteiger partial charge < -0.3 is 10.5 Å². The van der Waals surface area contributed by atoms with Crippen LogP contribution in [0.15, 0.2) is 18.2 Å². The van der Waals surface area contributed by atoms with Gasteiger partial charge in [-0.25, -0.2) is 0 Å². The van der Waals surface area contributed by atoms with Gasteiger partial charge in [-0.05, 0) is 57.5 Å². The van der Waals surface area contributed by atoms with Crippen LogP contribution >= 0.6 is 0 Å². The molecule has 1 atom stereocenters. The molecule has 1 saturated heterocycles. The number of hydrogen-bond donors (Lipinski definition) is 1. The molecule has 1 aromatic rings. The molecule has 0 aromatic heterocycles. The van der Waals surface area contributed by atoms with E-state index in [-0.39, 0.29) is 5.78 Å². The van der Waals surface area contributed by atoms with Gasteiger partial charge in [0.15, 0.2) is 5.78 Å². The Morgan fingerprint density at radius 3 is 2.90 bits per heavy atom. The third kappa shape index (κ3) is 3.58. The van der Waals surface area contributed by atoms with Gasteiger partial charge in [0.2, 0.25) is 0 Å². The van der Waals surface area contributed by atoms with E-state index in [9.17, 15) is 4.79 Å². The molecule has 1 fully saturated rings. The molecule has 1 unspecified atom stereocenters. The van der Waals surface area contributed by atoms with Gasteiger partial charge in [0.05, 0.1) is 6.61 Å². The Labute approximate surface area is 120 Å². The Balaban J connectivity index is 2.15. The molecule has 0 saturated carbocycles. The quantitative estimate of drug-likeness (QED) is 0.808. The number of ether oxygens (including phenoxy) is 1. The molecule has 2 N–H and O–H groups in total. The number of carbonyl (C=O) groups is 1. The summed E-state index contributed by atoms with van der Waals surface area (Å²) in [5.74, 6) is 1.57. The number of ketones is 1. The topological polar surface area (TPSA) is 55.6 Å². The molecule has 110 valence electrons. The molecule has 0 radical (unpaired) electrons. The fourth-order valence-electron chi connectivity index (χ4n) is 2.71. The molecule has 0 amide bonds. The summed E-state index contributed by atoms with van der Waals surface area (Å²) in [5.41, 5.74) is 7.58. The van der Waals surface area contributed by atoms with E-state index >= 15 is 0 Å². The second kappa shape index (κ2) is 6.86. The number of carbonyl (C=O) groups excluding carboxylic acids is 1. The zero-order chi connectivity index (χ0) is 14.5. The molecule has 1 heterocycles. The molecule has 20 heavy (non-hydrogen) atoms. The fraction of sp³-hybridized carbons (Fsp3) is 0.562. The van der Waals surface area contributed by atoms with Crippen molar-refractivity contribution in [2.75, 3.05) is 26.2 Å². The molecular weight excluding hydrogens is 252 g/mol. The molecule has 4 heteroatoms. The summed E-state index contributed by atoms with van der Waals surface area (Å²) in [4.78, 5) is 13.9. The lowest BCUT2D eigenvalue weighted by molar-refractivity contribution is 0.101. The highest BCUT2D eigenvalue weighted by molar-refractivity contribution is 5.94. The van der Waals surface area contributed by atoms with Crippen molar-refractivity contribution >= 4 is 5.78 Å². The lowest BCUT2D eigenvalue weighted by Gasteiger charge is -2.19. The maximum absolute atomic E-state index is 11.5. The summed E-state index contributed by atoms with van der Waals surface area (Å²) >= 11 is 0. The normalized spacial score (nSPS) is 19.2. The van der Waals surface area contributed by atoms with Crippen molar-refractivity contribution < 1.29 is 9.53 Å². The van der Waals surface area contributed by atoms with Crippen molar-refractivity contribution in [3.05, 3.63) is 29.3 Å². The average Bonchev–Trinajstić information content (AvgIpc) is 2.88. The van der Waals surface area contributed by atoms with E-state index in [1.807, 2.05) is 25.1 Å². The zero-order valence-electron chi connectivity index (χ0n) is 12.4. The Morgan fingerprint density at radius 1 is 1.50 bits per heavy atom. The molecule has 1 aromatic carbocycles. The highest BCUT2D eigenvalue weighted by Gasteiger charge is 2.22. The second-order valence-corrected chi connectivity index (χ2v) is 5.44. The van der Waals surface area contributed by atoms with Gasteiger partial charge in [-0.2, -0.15) is 0 Å². The van der Waals surface area contributed by atoms with Crippen LogP contribution in [0.4, 0.5) is 0 Å². The van der Waals surface area contributed by atoms with Crippen LogP contribution in [0.25, 0.3) is 0 Å². The van der Waals surface area contributed by atoms with Crippen LogP contribution in [0.3, 0.4) is 0 Å². The SMILES string of the molecule is CCOc1ccc(C(C)=O)cc1CN1CCC(CN)C1. The summed E-state index contributed by atoms with van der Waals surface area (Å²) in [5, 5.41) is 0. The second-order valence-electron chi connectivity index (χ2n) is 5.44. The molecule has 0 spiro atoms. The average molecular weight is 276 g/mol. The molecule has 4 nitrogen and oxygen atoms in total. The van der Waals surface area contributed by atoms with Gasteiger partial charge in [0.1, 0.15) is 5.75 Å². The van der Waals surface area contributed by atoms with Gasteiger partial charge >= 0.3 is 0 Å². The van der Waals surface area contributed by atoms with Crippen molar-refractivity contribution in [1.82, 2.24) is 4.90 Å². The van der Waals surface area contributed by atoms with E-state index in [0.29, 0.717) is 12.5 Å². The maximum Gasteiger partial charge on any atom is 0.159 e. The third-order valence-corrected chi connectivity index (χ3v) is 3.86. The first kappa shape index (κ1) is 15.0. The lowest BCUT2D eigenvalue weighted by Crippen LogP contribution is -2.23. The van der Waals surface area contributed by atoms with E-state index in [1.54, 1.807) is 6.92 Å². The molecule has 1 aliphatic rings. The van der Waals surface area contributed by atoms with Gasteiger partial charge in [0.25, 0.3) is 0 Å². The van der Waals surface area contributed by atoms with Gasteiger partial charge in [-0.3, -0.25) is 9.69 Å². The van der Waals surface area contributed by atoms with Crippen LogP contribution in [-0.4, -0.2) is 36.9 Å². The Morgan fingerprint density at radius 2 is 2.30 bits per heavy atom. The molecular formula is C16H24N2O2. The maximum atomic E-state index is 11.5. The number of hydrogen-bond acceptors (Lipinski definition) is 4. The van der Waals surface area contributed by atoms with Crippen molar-refractivity contribution in [1.29, 1.82) is 0 Å². The van der Waals surface area contributed by atoms with Gasteiger partial charge in [-0.1, -0.05) is 0 Å². The Bertz CT molecular complexity index is 474. The number of nitrogens with two attached hydrogens (primary N) is 1. The molecule has 0 bridgehead atoms. The van der Waals surface area contributed by atoms with E-state index < -0.39 is 0 Å². The predicted molar refractivity (Wildman–Crippen MR) is 80.1 cm³/mol. The first-order valence-corrected chi connectivity index (χ1v) is 7.33. The van der Waals surface area contributed by atoms with Gasteiger partial charge in [-0.15, -0.1) is 0 Å². The monoisotopic (exact) mass is 276 g/mol. The minimum Gasteiger partial charge on any atom is -0.494 e.